The van der Waals surface area contributed by atoms with Crippen LogP contribution in [-0.4, -0.2) is 34.1 Å². The summed E-state index contributed by atoms with van der Waals surface area (Å²) in [6.07, 6.45) is 5.69. The van der Waals surface area contributed by atoms with Gasteiger partial charge in [0.05, 0.1) is 17.9 Å². The van der Waals surface area contributed by atoms with Crippen molar-refractivity contribution in [3.63, 3.8) is 0 Å². The first-order chi connectivity index (χ1) is 14.9. The number of nitrogens with zero attached hydrogens (tertiary/aromatic N) is 1. The lowest BCUT2D eigenvalue weighted by molar-refractivity contribution is -0.132. The zero-order valence-corrected chi connectivity index (χ0v) is 18.1. The van der Waals surface area contributed by atoms with Crippen LogP contribution in [0.2, 0.25) is 0 Å². The lowest BCUT2D eigenvalue weighted by atomic mass is 9.68. The van der Waals surface area contributed by atoms with Gasteiger partial charge in [0.25, 0.3) is 0 Å². The van der Waals surface area contributed by atoms with Crippen LogP contribution < -0.4 is 11.1 Å². The van der Waals surface area contributed by atoms with Crippen LogP contribution in [0.15, 0.2) is 46.9 Å². The number of carboxylic acid groups (broad SMARTS) is 1. The summed E-state index contributed by atoms with van der Waals surface area (Å²) < 4.78 is 28.1. The number of hydrogen-bond donors (Lipinski definition) is 3. The minimum atomic E-state index is -1.07. The van der Waals surface area contributed by atoms with Gasteiger partial charge in [-0.15, -0.1) is 0 Å². The molecule has 1 aromatic rings. The van der Waals surface area contributed by atoms with Crippen molar-refractivity contribution >= 4 is 23.1 Å². The number of nitrogens with one attached hydrogen (secondary N) is 1. The lowest BCUT2D eigenvalue weighted by Gasteiger charge is -2.40. The monoisotopic (exact) mass is 445 g/mol. The normalized spacial score (nSPS) is 23.4. The summed E-state index contributed by atoms with van der Waals surface area (Å²) in [5.41, 5.74) is 9.89. The van der Waals surface area contributed by atoms with Gasteiger partial charge >= 0.3 is 5.97 Å². The first-order valence-corrected chi connectivity index (χ1v) is 10.9. The molecule has 2 aliphatic carbocycles. The summed E-state index contributed by atoms with van der Waals surface area (Å²) in [7, 11) is 0. The van der Waals surface area contributed by atoms with E-state index in [9.17, 15) is 18.7 Å². The molecular weight excluding hydrogens is 420 g/mol. The number of thiocarbonyl (C=S) groups is 1. The quantitative estimate of drug-likeness (QED) is 0.603. The molecule has 4 N–H and O–H groups in total. The van der Waals surface area contributed by atoms with Gasteiger partial charge in [0.15, 0.2) is 0 Å². The van der Waals surface area contributed by atoms with Crippen LogP contribution in [0.25, 0.3) is 0 Å². The summed E-state index contributed by atoms with van der Waals surface area (Å²) in [5, 5.41) is 13.2. The number of hydrogen-bond acceptors (Lipinski definition) is 5. The average Bonchev–Trinajstić information content (AvgIpc) is 3.26. The molecule has 2 unspecified atom stereocenters. The zero-order chi connectivity index (χ0) is 22.3. The second-order valence-corrected chi connectivity index (χ2v) is 8.55. The van der Waals surface area contributed by atoms with Crippen molar-refractivity contribution in [3.05, 3.63) is 69.7 Å². The van der Waals surface area contributed by atoms with Gasteiger partial charge < -0.3 is 21.1 Å². The molecule has 5 nitrogen and oxygen atoms in total. The summed E-state index contributed by atoms with van der Waals surface area (Å²) in [6.45, 7) is 2.68. The van der Waals surface area contributed by atoms with E-state index >= 15 is 0 Å². The average molecular weight is 446 g/mol. The Morgan fingerprint density at radius 1 is 1.39 bits per heavy atom. The van der Waals surface area contributed by atoms with Crippen molar-refractivity contribution in [3.8, 4) is 0 Å². The van der Waals surface area contributed by atoms with Gasteiger partial charge in [0.2, 0.25) is 0 Å². The van der Waals surface area contributed by atoms with Gasteiger partial charge in [-0.1, -0.05) is 19.1 Å². The van der Waals surface area contributed by atoms with Crippen LogP contribution in [0.3, 0.4) is 0 Å². The number of carboxylic acids is 1. The number of benzene rings is 1. The van der Waals surface area contributed by atoms with E-state index in [1.54, 1.807) is 12.4 Å². The maximum atomic E-state index is 14.2. The Bertz CT molecular complexity index is 1050. The molecule has 1 aromatic carbocycles. The Labute approximate surface area is 185 Å². The molecule has 0 saturated heterocycles. The lowest BCUT2D eigenvalue weighted by Crippen LogP contribution is -2.40. The van der Waals surface area contributed by atoms with Crippen LogP contribution in [0.1, 0.15) is 30.9 Å². The summed E-state index contributed by atoms with van der Waals surface area (Å²) in [5.74, 6) is -2.60. The molecule has 164 valence electrons. The molecule has 1 heterocycles. The van der Waals surface area contributed by atoms with Crippen molar-refractivity contribution in [2.75, 3.05) is 13.2 Å². The van der Waals surface area contributed by atoms with E-state index in [1.807, 2.05) is 11.8 Å². The largest absolute Gasteiger partial charge is 0.478 e. The minimum Gasteiger partial charge on any atom is -0.478 e. The van der Waals surface area contributed by atoms with Crippen molar-refractivity contribution in [2.24, 2.45) is 17.6 Å². The molecule has 0 aromatic heterocycles. The SMILES string of the molecule is CCC1=C(CN)C(C2CCc3c(F)cc(F)cc3C2)C(=S)C(C(=O)O)=C1N1C=CNC1. The molecule has 0 fully saturated rings. The second-order valence-electron chi connectivity index (χ2n) is 8.11. The Balaban J connectivity index is 1.80. The Morgan fingerprint density at radius 3 is 2.77 bits per heavy atom. The van der Waals surface area contributed by atoms with Gasteiger partial charge in [-0.25, -0.2) is 13.6 Å². The molecule has 4 rings (SSSR count). The Morgan fingerprint density at radius 2 is 2.16 bits per heavy atom. The van der Waals surface area contributed by atoms with E-state index in [0.29, 0.717) is 54.0 Å². The van der Waals surface area contributed by atoms with Crippen LogP contribution >= 0.6 is 12.2 Å². The third-order valence-corrected chi connectivity index (χ3v) is 6.95. The van der Waals surface area contributed by atoms with E-state index < -0.39 is 17.6 Å². The van der Waals surface area contributed by atoms with Crippen LogP contribution in [0.5, 0.6) is 0 Å². The fourth-order valence-electron chi connectivity index (χ4n) is 5.21. The fraction of sp³-hybridized carbons (Fsp3) is 0.391. The molecule has 0 radical (unpaired) electrons. The summed E-state index contributed by atoms with van der Waals surface area (Å²) >= 11 is 5.76. The highest BCUT2D eigenvalue weighted by Crippen LogP contribution is 2.44. The number of nitrogens with two attached hydrogens (primary N) is 1. The van der Waals surface area contributed by atoms with Crippen molar-refractivity contribution < 1.29 is 18.7 Å². The van der Waals surface area contributed by atoms with E-state index in [2.05, 4.69) is 5.32 Å². The fourth-order valence-corrected chi connectivity index (χ4v) is 5.72. The molecule has 2 atom stereocenters. The highest BCUT2D eigenvalue weighted by molar-refractivity contribution is 7.81. The summed E-state index contributed by atoms with van der Waals surface area (Å²) in [6, 6.07) is 2.29. The molecule has 0 spiro atoms. The zero-order valence-electron chi connectivity index (χ0n) is 17.3. The molecule has 1 aliphatic heterocycles. The first-order valence-electron chi connectivity index (χ1n) is 10.4. The number of aliphatic carboxylic acids is 1. The second kappa shape index (κ2) is 8.51. The van der Waals surface area contributed by atoms with Crippen LogP contribution in [0, 0.1) is 23.5 Å². The number of fused-ring (bicyclic) bond motifs is 1. The topological polar surface area (TPSA) is 78.6 Å². The molecule has 0 amide bonds. The van der Waals surface area contributed by atoms with Crippen molar-refractivity contribution in [1.29, 1.82) is 0 Å². The predicted molar refractivity (Wildman–Crippen MR) is 118 cm³/mol. The maximum Gasteiger partial charge on any atom is 0.339 e. The highest BCUT2D eigenvalue weighted by atomic mass is 32.1. The van der Waals surface area contributed by atoms with E-state index in [0.717, 1.165) is 17.2 Å². The van der Waals surface area contributed by atoms with Crippen LogP contribution in [0.4, 0.5) is 8.78 Å². The third kappa shape index (κ3) is 3.68. The van der Waals surface area contributed by atoms with E-state index in [4.69, 9.17) is 18.0 Å². The first kappa shape index (κ1) is 21.6. The van der Waals surface area contributed by atoms with Crippen molar-refractivity contribution in [2.45, 2.75) is 32.6 Å². The predicted octanol–water partition coefficient (Wildman–Crippen LogP) is 3.41. The smallest absolute Gasteiger partial charge is 0.339 e. The number of halogens is 2. The maximum absolute atomic E-state index is 14.2. The van der Waals surface area contributed by atoms with Gasteiger partial charge in [0.1, 0.15) is 11.6 Å². The van der Waals surface area contributed by atoms with Gasteiger partial charge in [-0.05, 0) is 59.9 Å². The minimum absolute atomic E-state index is 0.0653. The molecule has 8 heteroatoms. The Kier molecular flexibility index (Phi) is 5.94. The molecule has 31 heavy (non-hydrogen) atoms. The van der Waals surface area contributed by atoms with E-state index in [-0.39, 0.29) is 24.0 Å². The van der Waals surface area contributed by atoms with Crippen molar-refractivity contribution in [1.82, 2.24) is 10.2 Å². The van der Waals surface area contributed by atoms with Gasteiger partial charge in [-0.2, -0.15) is 0 Å². The molecule has 3 aliphatic rings. The van der Waals surface area contributed by atoms with Gasteiger partial charge in [-0.3, -0.25) is 0 Å². The Hall–Kier alpha value is -2.58. The highest BCUT2D eigenvalue weighted by Gasteiger charge is 2.42. The summed E-state index contributed by atoms with van der Waals surface area (Å²) in [4.78, 5) is 14.5. The molecule has 0 saturated carbocycles. The molecule has 0 bridgehead atoms. The van der Waals surface area contributed by atoms with Gasteiger partial charge in [0, 0.05) is 35.8 Å². The standard InChI is InChI=1S/C23H25F2N3O2S/c1-2-15-17(10-26)19(12-3-4-16-13(7-12)8-14(24)9-18(16)25)22(31)20(23(29)30)21(15)28-6-5-27-11-28/h5-6,8-9,12,19,27H,2-4,7,10-11,26H2,1H3,(H,29,30). The van der Waals surface area contributed by atoms with E-state index in [1.165, 1.54) is 6.07 Å². The number of allylic oxidation sites excluding steroid dienone is 1. The third-order valence-electron chi connectivity index (χ3n) is 6.49. The molecular formula is C23H25F2N3O2S. The number of rotatable bonds is 5. The van der Waals surface area contributed by atoms with Crippen LogP contribution in [-0.2, 0) is 17.6 Å². The number of carbonyl (C=O) groups is 1.